The molecule has 1 fully saturated rings. The summed E-state index contributed by atoms with van der Waals surface area (Å²) in [6.45, 7) is 3.63. The Hall–Kier alpha value is -2.70. The smallest absolute Gasteiger partial charge is 0.270 e. The van der Waals surface area contributed by atoms with Gasteiger partial charge in [0.1, 0.15) is 5.82 Å². The number of piperidine rings is 1. The molecule has 0 bridgehead atoms. The Morgan fingerprint density at radius 3 is 3.00 bits per heavy atom. The van der Waals surface area contributed by atoms with Crippen LogP contribution in [-0.4, -0.2) is 34.9 Å². The molecular formula is C18H22N4O3. The number of hydrogen-bond donors (Lipinski definition) is 1. The Kier molecular flexibility index (Phi) is 5.11. The van der Waals surface area contributed by atoms with Crippen LogP contribution >= 0.6 is 0 Å². The quantitative estimate of drug-likeness (QED) is 0.666. The van der Waals surface area contributed by atoms with Crippen LogP contribution < -0.4 is 10.2 Å². The lowest BCUT2D eigenvalue weighted by Gasteiger charge is -2.34. The molecule has 7 nitrogen and oxygen atoms in total. The average molecular weight is 342 g/mol. The maximum atomic E-state index is 11.8. The zero-order valence-electron chi connectivity index (χ0n) is 14.3. The van der Waals surface area contributed by atoms with Gasteiger partial charge in [-0.25, -0.2) is 4.98 Å². The van der Waals surface area contributed by atoms with Crippen LogP contribution in [0.2, 0.25) is 0 Å². The maximum absolute atomic E-state index is 11.8. The largest absolute Gasteiger partial charge is 0.355 e. The molecule has 1 atom stereocenters. The molecule has 0 radical (unpaired) electrons. The van der Waals surface area contributed by atoms with Crippen molar-refractivity contribution in [3.63, 3.8) is 0 Å². The highest BCUT2D eigenvalue weighted by Crippen LogP contribution is 2.24. The van der Waals surface area contributed by atoms with Crippen molar-refractivity contribution in [3.05, 3.63) is 40.4 Å². The SMILES string of the molecule is CCCC(=O)NC1CCCN(c2ccc3cc([N+](=O)[O-])ccc3n2)C1. The monoisotopic (exact) mass is 342 g/mol. The van der Waals surface area contributed by atoms with E-state index in [2.05, 4.69) is 15.2 Å². The number of amides is 1. The first-order chi connectivity index (χ1) is 12.1. The van der Waals surface area contributed by atoms with Crippen LogP contribution in [0.15, 0.2) is 30.3 Å². The summed E-state index contributed by atoms with van der Waals surface area (Å²) in [5.74, 6) is 0.948. The third kappa shape index (κ3) is 4.04. The lowest BCUT2D eigenvalue weighted by Crippen LogP contribution is -2.48. The van der Waals surface area contributed by atoms with E-state index in [0.717, 1.165) is 49.1 Å². The molecule has 1 aromatic carbocycles. The number of rotatable bonds is 5. The van der Waals surface area contributed by atoms with Crippen molar-refractivity contribution in [1.82, 2.24) is 10.3 Å². The molecule has 2 aromatic rings. The summed E-state index contributed by atoms with van der Waals surface area (Å²) in [6.07, 6.45) is 3.38. The molecule has 132 valence electrons. The normalized spacial score (nSPS) is 17.5. The number of nitrogens with one attached hydrogen (secondary N) is 1. The molecule has 7 heteroatoms. The number of nitro benzene ring substituents is 1. The molecule has 1 unspecified atom stereocenters. The van der Waals surface area contributed by atoms with Crippen LogP contribution in [0.4, 0.5) is 11.5 Å². The van der Waals surface area contributed by atoms with E-state index in [1.54, 1.807) is 6.07 Å². The Morgan fingerprint density at radius 2 is 2.24 bits per heavy atom. The fraction of sp³-hybridized carbons (Fsp3) is 0.444. The zero-order valence-corrected chi connectivity index (χ0v) is 14.3. The predicted octanol–water partition coefficient (Wildman–Crippen LogP) is 3.03. The molecule has 1 aromatic heterocycles. The highest BCUT2D eigenvalue weighted by Gasteiger charge is 2.22. The molecule has 1 amide bonds. The molecule has 2 heterocycles. The van der Waals surface area contributed by atoms with Gasteiger partial charge >= 0.3 is 0 Å². The van der Waals surface area contributed by atoms with Gasteiger partial charge in [-0.2, -0.15) is 0 Å². The molecule has 1 aliphatic heterocycles. The van der Waals surface area contributed by atoms with Crippen LogP contribution in [0.1, 0.15) is 32.6 Å². The van der Waals surface area contributed by atoms with Gasteiger partial charge < -0.3 is 10.2 Å². The Morgan fingerprint density at radius 1 is 1.40 bits per heavy atom. The van der Waals surface area contributed by atoms with Crippen LogP contribution in [0.3, 0.4) is 0 Å². The van der Waals surface area contributed by atoms with Crippen LogP contribution in [0.5, 0.6) is 0 Å². The van der Waals surface area contributed by atoms with Crippen LogP contribution in [0.25, 0.3) is 10.9 Å². The first-order valence-electron chi connectivity index (χ1n) is 8.66. The number of anilines is 1. The molecule has 3 rings (SSSR count). The van der Waals surface area contributed by atoms with E-state index >= 15 is 0 Å². The van der Waals surface area contributed by atoms with Crippen LogP contribution in [0, 0.1) is 10.1 Å². The van der Waals surface area contributed by atoms with E-state index in [1.807, 2.05) is 19.1 Å². The van der Waals surface area contributed by atoms with E-state index in [0.29, 0.717) is 6.42 Å². The third-order valence-corrected chi connectivity index (χ3v) is 4.46. The van der Waals surface area contributed by atoms with Gasteiger partial charge in [0.05, 0.1) is 10.4 Å². The number of fused-ring (bicyclic) bond motifs is 1. The van der Waals surface area contributed by atoms with Gasteiger partial charge in [0.2, 0.25) is 5.91 Å². The summed E-state index contributed by atoms with van der Waals surface area (Å²) in [7, 11) is 0. The number of non-ortho nitro benzene ring substituents is 1. The van der Waals surface area contributed by atoms with Gasteiger partial charge in [-0.15, -0.1) is 0 Å². The molecule has 0 spiro atoms. The maximum Gasteiger partial charge on any atom is 0.270 e. The van der Waals surface area contributed by atoms with Gasteiger partial charge in [-0.05, 0) is 37.5 Å². The number of carbonyl (C=O) groups excluding carboxylic acids is 1. The Balaban J connectivity index is 1.75. The Bertz CT molecular complexity index is 793. The van der Waals surface area contributed by atoms with E-state index in [9.17, 15) is 14.9 Å². The van der Waals surface area contributed by atoms with Gasteiger partial charge in [0.25, 0.3) is 5.69 Å². The van der Waals surface area contributed by atoms with Crippen molar-refractivity contribution in [2.45, 2.75) is 38.6 Å². The highest BCUT2D eigenvalue weighted by atomic mass is 16.6. The summed E-state index contributed by atoms with van der Waals surface area (Å²) in [5.41, 5.74) is 0.805. The number of nitrogens with zero attached hydrogens (tertiary/aromatic N) is 3. The minimum Gasteiger partial charge on any atom is -0.355 e. The molecule has 0 aliphatic carbocycles. The predicted molar refractivity (Wildman–Crippen MR) is 96.7 cm³/mol. The third-order valence-electron chi connectivity index (χ3n) is 4.46. The molecule has 25 heavy (non-hydrogen) atoms. The van der Waals surface area contributed by atoms with Crippen molar-refractivity contribution in [2.75, 3.05) is 18.0 Å². The minimum atomic E-state index is -0.401. The summed E-state index contributed by atoms with van der Waals surface area (Å²) < 4.78 is 0. The van der Waals surface area contributed by atoms with Gasteiger partial charge in [-0.3, -0.25) is 14.9 Å². The van der Waals surface area contributed by atoms with Crippen LogP contribution in [-0.2, 0) is 4.79 Å². The highest BCUT2D eigenvalue weighted by molar-refractivity contribution is 5.82. The summed E-state index contributed by atoms with van der Waals surface area (Å²) in [5, 5.41) is 14.7. The molecule has 1 N–H and O–H groups in total. The van der Waals surface area contributed by atoms with Crippen molar-refractivity contribution >= 4 is 28.3 Å². The van der Waals surface area contributed by atoms with E-state index in [-0.39, 0.29) is 17.6 Å². The number of pyridine rings is 1. The van der Waals surface area contributed by atoms with Crippen molar-refractivity contribution < 1.29 is 9.72 Å². The number of nitro groups is 1. The van der Waals surface area contributed by atoms with Crippen molar-refractivity contribution in [1.29, 1.82) is 0 Å². The number of aromatic nitrogens is 1. The number of carbonyl (C=O) groups is 1. The fourth-order valence-electron chi connectivity index (χ4n) is 3.22. The van der Waals surface area contributed by atoms with E-state index < -0.39 is 4.92 Å². The summed E-state index contributed by atoms with van der Waals surface area (Å²) in [4.78, 5) is 29.1. The second kappa shape index (κ2) is 7.46. The first kappa shape index (κ1) is 17.1. The molecule has 0 saturated carbocycles. The lowest BCUT2D eigenvalue weighted by molar-refractivity contribution is -0.384. The average Bonchev–Trinajstić information content (AvgIpc) is 2.61. The number of hydrogen-bond acceptors (Lipinski definition) is 5. The van der Waals surface area contributed by atoms with E-state index in [1.165, 1.54) is 12.1 Å². The molecular weight excluding hydrogens is 320 g/mol. The second-order valence-corrected chi connectivity index (χ2v) is 6.41. The standard InChI is InChI=1S/C18H22N4O3/c1-2-4-18(23)19-14-5-3-10-21(12-14)17-9-6-13-11-15(22(24)25)7-8-16(13)20-17/h6-9,11,14H,2-5,10,12H2,1H3,(H,19,23). The molecule has 1 aliphatic rings. The lowest BCUT2D eigenvalue weighted by atomic mass is 10.1. The van der Waals surface area contributed by atoms with Gasteiger partial charge in [0, 0.05) is 43.1 Å². The fourth-order valence-corrected chi connectivity index (χ4v) is 3.22. The minimum absolute atomic E-state index is 0.0683. The van der Waals surface area contributed by atoms with Gasteiger partial charge in [0.15, 0.2) is 0 Å². The van der Waals surface area contributed by atoms with E-state index in [4.69, 9.17) is 0 Å². The Labute approximate surface area is 146 Å². The summed E-state index contributed by atoms with van der Waals surface area (Å²) in [6, 6.07) is 8.59. The topological polar surface area (TPSA) is 88.4 Å². The second-order valence-electron chi connectivity index (χ2n) is 6.41. The van der Waals surface area contributed by atoms with Crippen molar-refractivity contribution in [2.24, 2.45) is 0 Å². The summed E-state index contributed by atoms with van der Waals surface area (Å²) >= 11 is 0. The van der Waals surface area contributed by atoms with Crippen molar-refractivity contribution in [3.8, 4) is 0 Å². The molecule has 1 saturated heterocycles. The number of benzene rings is 1. The van der Waals surface area contributed by atoms with Gasteiger partial charge in [-0.1, -0.05) is 6.92 Å². The zero-order chi connectivity index (χ0) is 17.8. The first-order valence-corrected chi connectivity index (χ1v) is 8.66.